The van der Waals surface area contributed by atoms with Crippen LogP contribution in [-0.2, 0) is 20.9 Å². The molecule has 0 fully saturated rings. The molecule has 0 spiro atoms. The molecule has 37 heavy (non-hydrogen) atoms. The van der Waals surface area contributed by atoms with Crippen LogP contribution in [0.25, 0.3) is 0 Å². The van der Waals surface area contributed by atoms with Gasteiger partial charge in [0.1, 0.15) is 24.0 Å². The molecule has 3 aromatic rings. The van der Waals surface area contributed by atoms with Gasteiger partial charge in [-0.15, -0.1) is 0 Å². The zero-order valence-electron chi connectivity index (χ0n) is 19.9. The number of aromatic nitrogens is 1. The molecule has 194 valence electrons. The van der Waals surface area contributed by atoms with Crippen LogP contribution in [0.4, 0.5) is 34.8 Å². The lowest BCUT2D eigenvalue weighted by Crippen LogP contribution is -2.41. The third-order valence-electron chi connectivity index (χ3n) is 5.86. The lowest BCUT2D eigenvalue weighted by Gasteiger charge is -2.26. The molecule has 2 heterocycles. The first kappa shape index (κ1) is 25.9. The number of nitrogens with zero attached hydrogens (tertiary/aromatic N) is 2. The van der Waals surface area contributed by atoms with E-state index in [1.54, 1.807) is 32.0 Å². The highest BCUT2D eigenvalue weighted by Gasteiger charge is 2.43. The van der Waals surface area contributed by atoms with Crippen LogP contribution >= 0.6 is 0 Å². The summed E-state index contributed by atoms with van der Waals surface area (Å²) < 4.78 is 64.7. The molecule has 2 aromatic carbocycles. The number of carbonyl (C=O) groups excluding carboxylic acids is 2. The molecule has 1 aromatic heterocycles. The molecule has 0 unspecified atom stereocenters. The van der Waals surface area contributed by atoms with Crippen molar-refractivity contribution in [2.45, 2.75) is 39.1 Å². The second-order valence-corrected chi connectivity index (χ2v) is 8.33. The highest BCUT2D eigenvalue weighted by Crippen LogP contribution is 2.39. The third kappa shape index (κ3) is 5.82. The van der Waals surface area contributed by atoms with Gasteiger partial charge in [0.25, 0.3) is 0 Å². The summed E-state index contributed by atoms with van der Waals surface area (Å²) in [4.78, 5) is 28.7. The van der Waals surface area contributed by atoms with Crippen LogP contribution in [0.2, 0.25) is 0 Å². The fourth-order valence-corrected chi connectivity index (χ4v) is 3.86. The van der Waals surface area contributed by atoms with E-state index in [1.165, 1.54) is 30.3 Å². The number of benzene rings is 2. The molecular weight excluding hydrogens is 494 g/mol. The minimum absolute atomic E-state index is 0.0264. The molecule has 11 heteroatoms. The van der Waals surface area contributed by atoms with Crippen LogP contribution in [0, 0.1) is 12.7 Å². The number of ether oxygens (including phenoxy) is 2. The van der Waals surface area contributed by atoms with Gasteiger partial charge in [-0.1, -0.05) is 19.1 Å². The van der Waals surface area contributed by atoms with Crippen molar-refractivity contribution in [2.24, 2.45) is 0 Å². The third-order valence-corrected chi connectivity index (χ3v) is 5.86. The van der Waals surface area contributed by atoms with Crippen molar-refractivity contribution >= 4 is 29.1 Å². The number of amides is 1. The summed E-state index contributed by atoms with van der Waals surface area (Å²) in [5.41, 5.74) is 2.05. The molecule has 0 bridgehead atoms. The molecule has 7 nitrogen and oxygen atoms in total. The van der Waals surface area contributed by atoms with Crippen LogP contribution in [0.3, 0.4) is 0 Å². The van der Waals surface area contributed by atoms with Crippen molar-refractivity contribution in [1.82, 2.24) is 4.98 Å². The van der Waals surface area contributed by atoms with E-state index in [0.717, 1.165) is 6.20 Å². The number of fused-ring (bicyclic) bond motifs is 1. The molecule has 1 atom stereocenters. The van der Waals surface area contributed by atoms with Gasteiger partial charge in [-0.05, 0) is 48.4 Å². The number of carbonyl (C=O) groups is 2. The van der Waals surface area contributed by atoms with Crippen molar-refractivity contribution in [1.29, 1.82) is 0 Å². The predicted molar refractivity (Wildman–Crippen MR) is 127 cm³/mol. The number of halogens is 4. The van der Waals surface area contributed by atoms with Crippen LogP contribution in [0.1, 0.15) is 36.1 Å². The van der Waals surface area contributed by atoms with Crippen molar-refractivity contribution in [3.8, 4) is 5.75 Å². The molecular formula is C26H23F4N3O4. The number of esters is 1. The Hall–Kier alpha value is -4.15. The second-order valence-electron chi connectivity index (χ2n) is 8.33. The van der Waals surface area contributed by atoms with Crippen LogP contribution in [-0.4, -0.2) is 29.6 Å². The summed E-state index contributed by atoms with van der Waals surface area (Å²) >= 11 is 0. The number of hydrogen-bond donors (Lipinski definition) is 1. The van der Waals surface area contributed by atoms with Gasteiger partial charge in [0.05, 0.1) is 12.7 Å². The summed E-state index contributed by atoms with van der Waals surface area (Å²) in [5.74, 6) is -2.40. The molecule has 1 amide bonds. The molecule has 1 aliphatic heterocycles. The average Bonchev–Trinajstić information content (AvgIpc) is 3.26. The van der Waals surface area contributed by atoms with E-state index in [9.17, 15) is 27.2 Å². The second kappa shape index (κ2) is 10.5. The average molecular weight is 517 g/mol. The minimum atomic E-state index is -5.12. The Labute approximate surface area is 210 Å². The monoisotopic (exact) mass is 517 g/mol. The molecule has 1 N–H and O–H groups in total. The topological polar surface area (TPSA) is 80.8 Å². The summed E-state index contributed by atoms with van der Waals surface area (Å²) in [6, 6.07) is 11.8. The van der Waals surface area contributed by atoms with Gasteiger partial charge in [-0.3, -0.25) is 9.59 Å². The zero-order valence-corrected chi connectivity index (χ0v) is 19.9. The van der Waals surface area contributed by atoms with Crippen molar-refractivity contribution < 1.29 is 36.6 Å². The van der Waals surface area contributed by atoms with Gasteiger partial charge < -0.3 is 19.7 Å². The van der Waals surface area contributed by atoms with Crippen LogP contribution < -0.4 is 15.0 Å². The molecule has 0 aliphatic carbocycles. The Balaban J connectivity index is 1.64. The molecule has 0 saturated carbocycles. The molecule has 0 saturated heterocycles. The fraction of sp³-hybridized carbons (Fsp3) is 0.269. The van der Waals surface area contributed by atoms with Crippen molar-refractivity contribution in [2.75, 3.05) is 16.8 Å². The van der Waals surface area contributed by atoms with Gasteiger partial charge >= 0.3 is 18.1 Å². The molecule has 0 radical (unpaired) electrons. The van der Waals surface area contributed by atoms with Crippen LogP contribution in [0.5, 0.6) is 5.75 Å². The zero-order chi connectivity index (χ0) is 26.7. The maximum atomic E-state index is 13.6. The molecule has 4 rings (SSSR count). The van der Waals surface area contributed by atoms with E-state index < -0.39 is 30.0 Å². The van der Waals surface area contributed by atoms with E-state index in [2.05, 4.69) is 10.3 Å². The summed E-state index contributed by atoms with van der Waals surface area (Å²) in [5, 5.41) is 3.01. The first-order valence-electron chi connectivity index (χ1n) is 11.4. The standard InChI is InChI=1S/C26H23F4N3O4/c1-3-24(34)37-22-14-36-21-11-18(8-9-19(21)22)33(25(35)26(28,29)30)13-16-5-4-6-20(15(16)2)32-23-10-7-17(27)12-31-23/h4-12,22H,3,13-14H2,1-2H3,(H,31,32)/t22-/m1/s1. The first-order valence-corrected chi connectivity index (χ1v) is 11.4. The van der Waals surface area contributed by atoms with Crippen molar-refractivity contribution in [3.05, 3.63) is 77.2 Å². The van der Waals surface area contributed by atoms with E-state index >= 15 is 0 Å². The Morgan fingerprint density at radius 2 is 1.97 bits per heavy atom. The first-order chi connectivity index (χ1) is 17.6. The lowest BCUT2D eigenvalue weighted by atomic mass is 10.0. The lowest BCUT2D eigenvalue weighted by molar-refractivity contribution is -0.170. The normalized spacial score (nSPS) is 14.5. The van der Waals surface area contributed by atoms with E-state index in [-0.39, 0.29) is 31.0 Å². The quantitative estimate of drug-likeness (QED) is 0.317. The number of nitrogens with one attached hydrogen (secondary N) is 1. The fourth-order valence-electron chi connectivity index (χ4n) is 3.86. The maximum Gasteiger partial charge on any atom is 0.471 e. The van der Waals surface area contributed by atoms with Gasteiger partial charge in [0, 0.05) is 29.4 Å². The van der Waals surface area contributed by atoms with E-state index in [0.29, 0.717) is 33.1 Å². The Bertz CT molecular complexity index is 1310. The van der Waals surface area contributed by atoms with E-state index in [1.807, 2.05) is 0 Å². The Morgan fingerprint density at radius 1 is 1.19 bits per heavy atom. The maximum absolute atomic E-state index is 13.6. The van der Waals surface area contributed by atoms with Crippen molar-refractivity contribution in [3.63, 3.8) is 0 Å². The van der Waals surface area contributed by atoms with Gasteiger partial charge in [0.2, 0.25) is 0 Å². The minimum Gasteiger partial charge on any atom is -0.489 e. The van der Waals surface area contributed by atoms with Gasteiger partial charge in [0.15, 0.2) is 6.10 Å². The number of hydrogen-bond acceptors (Lipinski definition) is 6. The summed E-state index contributed by atoms with van der Waals surface area (Å²) in [6.07, 6.45) is -4.59. The number of anilines is 3. The number of pyridine rings is 1. The summed E-state index contributed by atoms with van der Waals surface area (Å²) in [6.45, 7) is 2.98. The van der Waals surface area contributed by atoms with Crippen LogP contribution in [0.15, 0.2) is 54.7 Å². The van der Waals surface area contributed by atoms with Gasteiger partial charge in [-0.25, -0.2) is 9.37 Å². The Morgan fingerprint density at radius 3 is 2.65 bits per heavy atom. The number of alkyl halides is 3. The predicted octanol–water partition coefficient (Wildman–Crippen LogP) is 5.75. The highest BCUT2D eigenvalue weighted by molar-refractivity contribution is 5.97. The highest BCUT2D eigenvalue weighted by atomic mass is 19.4. The van der Waals surface area contributed by atoms with E-state index in [4.69, 9.17) is 9.47 Å². The summed E-state index contributed by atoms with van der Waals surface area (Å²) in [7, 11) is 0. The number of rotatable bonds is 7. The van der Waals surface area contributed by atoms with Gasteiger partial charge in [-0.2, -0.15) is 13.2 Å². The molecule has 1 aliphatic rings. The smallest absolute Gasteiger partial charge is 0.471 e. The largest absolute Gasteiger partial charge is 0.489 e. The Kier molecular flexibility index (Phi) is 7.33. The SMILES string of the molecule is CCC(=O)O[C@@H]1COc2cc(N(Cc3cccc(Nc4ccc(F)cn4)c3C)C(=O)C(F)(F)F)ccc21.